The number of phenolic OH excluding ortho intramolecular Hbond substituents is 1. The van der Waals surface area contributed by atoms with Crippen molar-refractivity contribution >= 4 is 0 Å². The van der Waals surface area contributed by atoms with Crippen molar-refractivity contribution in [3.8, 4) is 5.75 Å². The van der Waals surface area contributed by atoms with Crippen LogP contribution in [-0.4, -0.2) is 20.8 Å². The summed E-state index contributed by atoms with van der Waals surface area (Å²) in [5, 5.41) is 34.2. The Morgan fingerprint density at radius 3 is 2.12 bits per heavy atom. The van der Waals surface area contributed by atoms with E-state index >= 15 is 0 Å². The minimum Gasteiger partial charge on any atom is -0.507 e. The zero-order valence-electron chi connectivity index (χ0n) is 16.2. The maximum atomic E-state index is 12.6. The fourth-order valence-electron chi connectivity index (χ4n) is 3.72. The number of hydrogen-bond donors (Lipinski definition) is 2. The van der Waals surface area contributed by atoms with Crippen molar-refractivity contribution in [2.75, 3.05) is 0 Å². The number of aryl methyl sites for hydroxylation is 2. The van der Waals surface area contributed by atoms with Gasteiger partial charge in [0.2, 0.25) is 0 Å². The molecule has 4 heteroatoms. The first-order valence-electron chi connectivity index (χ1n) is 9.12. The van der Waals surface area contributed by atoms with E-state index in [1.165, 1.54) is 0 Å². The van der Waals surface area contributed by atoms with Crippen LogP contribution in [0.4, 0.5) is 0 Å². The molecule has 3 rings (SSSR count). The number of benzene rings is 2. The Morgan fingerprint density at radius 2 is 1.62 bits per heavy atom. The topological polar surface area (TPSA) is 63.6 Å². The average molecular weight is 354 g/mol. The van der Waals surface area contributed by atoms with Gasteiger partial charge in [-0.3, -0.25) is 0 Å². The Morgan fingerprint density at radius 1 is 1.08 bits per heavy atom. The molecule has 0 aromatic heterocycles. The van der Waals surface area contributed by atoms with Crippen molar-refractivity contribution in [3.63, 3.8) is 0 Å². The largest absolute Gasteiger partial charge is 0.507 e. The van der Waals surface area contributed by atoms with E-state index in [1.54, 1.807) is 20.8 Å². The molecule has 26 heavy (non-hydrogen) atoms. The number of hydroxylamine groups is 2. The maximum Gasteiger partial charge on any atom is 0.159 e. The summed E-state index contributed by atoms with van der Waals surface area (Å²) >= 11 is 0. The molecule has 4 nitrogen and oxygen atoms in total. The van der Waals surface area contributed by atoms with Gasteiger partial charge in [0.25, 0.3) is 0 Å². The van der Waals surface area contributed by atoms with Crippen LogP contribution in [0.5, 0.6) is 5.75 Å². The number of rotatable bonds is 4. The van der Waals surface area contributed by atoms with Crippen LogP contribution in [-0.2, 0) is 10.6 Å². The van der Waals surface area contributed by atoms with Gasteiger partial charge < -0.3 is 10.2 Å². The second-order valence-corrected chi connectivity index (χ2v) is 8.50. The van der Waals surface area contributed by atoms with Crippen molar-refractivity contribution in [2.45, 2.75) is 64.6 Å². The molecule has 2 aromatic rings. The van der Waals surface area contributed by atoms with Gasteiger partial charge in [-0.25, -0.2) is 0 Å². The number of nitrogens with zero attached hydrogens (tertiary/aromatic N) is 1. The summed E-state index contributed by atoms with van der Waals surface area (Å²) in [7, 11) is 0. The summed E-state index contributed by atoms with van der Waals surface area (Å²) in [4.78, 5) is 0. The zero-order valence-corrected chi connectivity index (χ0v) is 16.2. The van der Waals surface area contributed by atoms with E-state index in [0.29, 0.717) is 11.3 Å². The van der Waals surface area contributed by atoms with Gasteiger partial charge in [0.05, 0.1) is 0 Å². The van der Waals surface area contributed by atoms with E-state index in [0.717, 1.165) is 40.2 Å². The molecular formula is C22H28NO3. The lowest BCUT2D eigenvalue weighted by Gasteiger charge is -2.33. The number of aromatic hydroxyl groups is 1. The lowest BCUT2D eigenvalue weighted by molar-refractivity contribution is -0.291. The lowest BCUT2D eigenvalue weighted by atomic mass is 9.83. The van der Waals surface area contributed by atoms with Crippen molar-refractivity contribution in [3.05, 3.63) is 64.2 Å². The van der Waals surface area contributed by atoms with Crippen LogP contribution >= 0.6 is 0 Å². The van der Waals surface area contributed by atoms with Crippen LogP contribution < -0.4 is 0 Å². The third-order valence-corrected chi connectivity index (χ3v) is 5.43. The highest BCUT2D eigenvalue weighted by molar-refractivity contribution is 5.53. The fourth-order valence-corrected chi connectivity index (χ4v) is 3.72. The lowest BCUT2D eigenvalue weighted by Crippen LogP contribution is -2.40. The van der Waals surface area contributed by atoms with E-state index in [9.17, 15) is 15.4 Å². The van der Waals surface area contributed by atoms with Crippen molar-refractivity contribution < 1.29 is 15.4 Å². The highest BCUT2D eigenvalue weighted by atomic mass is 16.5. The average Bonchev–Trinajstić information content (AvgIpc) is 3.39. The second kappa shape index (κ2) is 6.38. The van der Waals surface area contributed by atoms with Gasteiger partial charge in [0.1, 0.15) is 5.75 Å². The molecule has 1 aliphatic carbocycles. The molecule has 0 spiro atoms. The van der Waals surface area contributed by atoms with Crippen molar-refractivity contribution in [2.24, 2.45) is 0 Å². The summed E-state index contributed by atoms with van der Waals surface area (Å²) in [5.74, 6) is 0.330. The van der Waals surface area contributed by atoms with E-state index < -0.39 is 11.8 Å². The monoisotopic (exact) mass is 354 g/mol. The molecule has 0 heterocycles. The number of phenols is 1. The molecule has 0 aliphatic heterocycles. The number of aliphatic hydroxyl groups excluding tert-OH is 1. The molecule has 0 amide bonds. The normalized spacial score (nSPS) is 17.4. The highest BCUT2D eigenvalue weighted by Gasteiger charge is 2.48. The first-order valence-corrected chi connectivity index (χ1v) is 9.12. The molecule has 0 saturated heterocycles. The van der Waals surface area contributed by atoms with Gasteiger partial charge in [-0.2, -0.15) is 0 Å². The van der Waals surface area contributed by atoms with E-state index in [2.05, 4.69) is 0 Å². The molecular weight excluding hydrogens is 326 g/mol. The predicted octanol–water partition coefficient (Wildman–Crippen LogP) is 4.53. The van der Waals surface area contributed by atoms with Gasteiger partial charge >= 0.3 is 0 Å². The Bertz CT molecular complexity index is 795. The van der Waals surface area contributed by atoms with Gasteiger partial charge in [-0.1, -0.05) is 36.4 Å². The molecule has 1 atom stereocenters. The van der Waals surface area contributed by atoms with Crippen LogP contribution in [0.25, 0.3) is 0 Å². The van der Waals surface area contributed by atoms with Gasteiger partial charge in [-0.15, -0.1) is 10.3 Å². The fraction of sp³-hybridized carbons (Fsp3) is 0.455. The molecule has 1 unspecified atom stereocenters. The Balaban J connectivity index is 2.08. The zero-order chi connectivity index (χ0) is 19.3. The molecule has 139 valence electrons. The quantitative estimate of drug-likeness (QED) is 0.626. The Kier molecular flexibility index (Phi) is 4.63. The van der Waals surface area contributed by atoms with Gasteiger partial charge in [0, 0.05) is 16.5 Å². The van der Waals surface area contributed by atoms with Gasteiger partial charge in [-0.05, 0) is 69.7 Å². The smallest absolute Gasteiger partial charge is 0.159 e. The highest BCUT2D eigenvalue weighted by Crippen LogP contribution is 2.56. The van der Waals surface area contributed by atoms with E-state index in [1.807, 2.05) is 50.2 Å². The summed E-state index contributed by atoms with van der Waals surface area (Å²) < 4.78 is 0. The Labute approximate surface area is 155 Å². The minimum atomic E-state index is -1.21. The van der Waals surface area contributed by atoms with Crippen LogP contribution in [0.3, 0.4) is 0 Å². The summed E-state index contributed by atoms with van der Waals surface area (Å²) in [6, 6.07) is 11.7. The van der Waals surface area contributed by atoms with Crippen LogP contribution in [0.1, 0.15) is 67.7 Å². The minimum absolute atomic E-state index is 0.195. The standard InChI is InChI=1S/C22H28NO3/c1-14-12-16(13-15(2)19(14)24)22(10-11-22)18-9-7-6-8-17(18)20(25)23(26)21(3,4)5/h6-9,12-13,20,24-25H,10-11H2,1-5H3. The first-order chi connectivity index (χ1) is 12.1. The molecule has 2 N–H and O–H groups in total. The molecule has 1 radical (unpaired) electrons. The van der Waals surface area contributed by atoms with Gasteiger partial charge in [0.15, 0.2) is 6.23 Å². The van der Waals surface area contributed by atoms with Crippen LogP contribution in [0, 0.1) is 13.8 Å². The molecule has 1 fully saturated rings. The molecule has 2 aromatic carbocycles. The summed E-state index contributed by atoms with van der Waals surface area (Å²) in [5.41, 5.74) is 3.63. The Hall–Kier alpha value is -1.88. The number of hydrogen-bond acceptors (Lipinski definition) is 3. The van der Waals surface area contributed by atoms with Crippen LogP contribution in [0.15, 0.2) is 36.4 Å². The molecule has 0 bridgehead atoms. The second-order valence-electron chi connectivity index (χ2n) is 8.50. The summed E-state index contributed by atoms with van der Waals surface area (Å²) in [6.07, 6.45) is 0.728. The molecule has 1 aliphatic rings. The van der Waals surface area contributed by atoms with Crippen LogP contribution in [0.2, 0.25) is 0 Å². The SMILES string of the molecule is Cc1cc(C2(c3ccccc3C(O)N([O])C(C)(C)C)CC2)cc(C)c1O. The predicted molar refractivity (Wildman–Crippen MR) is 101 cm³/mol. The molecule has 1 saturated carbocycles. The van der Waals surface area contributed by atoms with E-state index in [-0.39, 0.29) is 5.41 Å². The van der Waals surface area contributed by atoms with Crippen molar-refractivity contribution in [1.82, 2.24) is 5.06 Å². The van der Waals surface area contributed by atoms with E-state index in [4.69, 9.17) is 0 Å². The van der Waals surface area contributed by atoms with Crippen molar-refractivity contribution in [1.29, 1.82) is 0 Å². The third-order valence-electron chi connectivity index (χ3n) is 5.43. The maximum absolute atomic E-state index is 12.6. The first kappa shape index (κ1) is 18.9. The number of aliphatic hydroxyl groups is 1. The third kappa shape index (κ3) is 3.13. The summed E-state index contributed by atoms with van der Waals surface area (Å²) in [6.45, 7) is 9.20.